The van der Waals surface area contributed by atoms with E-state index in [2.05, 4.69) is 61.3 Å². The number of aromatic nitrogens is 2. The number of likely N-dealkylation sites (tertiary alicyclic amines) is 1. The van der Waals surface area contributed by atoms with Crippen LogP contribution in [0.3, 0.4) is 0 Å². The molecular weight excluding hydrogens is 426 g/mol. The van der Waals surface area contributed by atoms with Crippen molar-refractivity contribution >= 4 is 11.3 Å². The topological polar surface area (TPSA) is 42.2 Å². The molecule has 1 aliphatic heterocycles. The molecule has 0 radical (unpaired) electrons. The summed E-state index contributed by atoms with van der Waals surface area (Å²) >= 11 is 1.85. The van der Waals surface area contributed by atoms with Crippen molar-refractivity contribution < 1.29 is 4.52 Å². The second kappa shape index (κ2) is 8.66. The fourth-order valence-electron chi connectivity index (χ4n) is 5.60. The second-order valence-electron chi connectivity index (χ2n) is 11.4. The maximum Gasteiger partial charge on any atom is 0.136 e. The van der Waals surface area contributed by atoms with Crippen molar-refractivity contribution in [2.75, 3.05) is 19.6 Å². The molecule has 3 heterocycles. The highest BCUT2D eigenvalue weighted by atomic mass is 32.1. The number of hydrogen-bond acceptors (Lipinski definition) is 5. The van der Waals surface area contributed by atoms with E-state index in [0.29, 0.717) is 5.92 Å². The highest BCUT2D eigenvalue weighted by Crippen LogP contribution is 2.47. The molecule has 0 saturated carbocycles. The Balaban J connectivity index is 1.25. The zero-order valence-corrected chi connectivity index (χ0v) is 21.6. The molecule has 3 aromatic rings. The number of rotatable bonds is 5. The predicted molar refractivity (Wildman–Crippen MR) is 136 cm³/mol. The highest BCUT2D eigenvalue weighted by molar-refractivity contribution is 7.10. The van der Waals surface area contributed by atoms with Crippen molar-refractivity contribution in [3.8, 4) is 11.3 Å². The van der Waals surface area contributed by atoms with Crippen molar-refractivity contribution in [2.24, 2.45) is 0 Å². The van der Waals surface area contributed by atoms with E-state index in [-0.39, 0.29) is 10.8 Å². The van der Waals surface area contributed by atoms with E-state index in [1.807, 2.05) is 24.5 Å². The Morgan fingerprint density at radius 1 is 1.06 bits per heavy atom. The number of piperidine rings is 1. The average molecular weight is 464 g/mol. The summed E-state index contributed by atoms with van der Waals surface area (Å²) in [5.74, 6) is 1.54. The molecule has 1 saturated heterocycles. The molecule has 0 unspecified atom stereocenters. The molecule has 0 N–H and O–H groups in total. The van der Waals surface area contributed by atoms with Crippen LogP contribution in [-0.2, 0) is 17.3 Å². The van der Waals surface area contributed by atoms with Gasteiger partial charge in [0.15, 0.2) is 0 Å². The third-order valence-corrected chi connectivity index (χ3v) is 9.16. The molecule has 0 atom stereocenters. The lowest BCUT2D eigenvalue weighted by Gasteiger charge is -2.42. The van der Waals surface area contributed by atoms with E-state index < -0.39 is 0 Å². The zero-order valence-electron chi connectivity index (χ0n) is 20.8. The van der Waals surface area contributed by atoms with Gasteiger partial charge in [0.05, 0.1) is 16.9 Å². The van der Waals surface area contributed by atoms with Gasteiger partial charge in [0, 0.05) is 29.0 Å². The van der Waals surface area contributed by atoms with Gasteiger partial charge in [-0.05, 0) is 80.1 Å². The summed E-state index contributed by atoms with van der Waals surface area (Å²) in [6.07, 6.45) is 7.77. The molecule has 33 heavy (non-hydrogen) atoms. The summed E-state index contributed by atoms with van der Waals surface area (Å²) in [5, 5.41) is 7.50. The molecule has 2 aromatic heterocycles. The van der Waals surface area contributed by atoms with Crippen LogP contribution in [0.1, 0.15) is 86.8 Å². The Hall–Kier alpha value is -1.98. The zero-order chi connectivity index (χ0) is 23.2. The number of benzene rings is 1. The quantitative estimate of drug-likeness (QED) is 0.414. The van der Waals surface area contributed by atoms with Crippen LogP contribution in [0.4, 0.5) is 0 Å². The number of aryl methyl sites for hydroxylation is 1. The molecular formula is C28H37N3OS. The minimum absolute atomic E-state index is 0.234. The fourth-order valence-corrected chi connectivity index (χ4v) is 6.60. The summed E-state index contributed by atoms with van der Waals surface area (Å²) in [6.45, 7) is 14.9. The minimum Gasteiger partial charge on any atom is -0.361 e. The van der Waals surface area contributed by atoms with E-state index in [1.54, 1.807) is 0 Å². The first-order valence-corrected chi connectivity index (χ1v) is 13.3. The van der Waals surface area contributed by atoms with Crippen molar-refractivity contribution in [3.05, 3.63) is 57.2 Å². The summed E-state index contributed by atoms with van der Waals surface area (Å²) in [7, 11) is 0. The van der Waals surface area contributed by atoms with Crippen LogP contribution in [0.2, 0.25) is 0 Å². The fraction of sp³-hybridized carbons (Fsp3) is 0.571. The predicted octanol–water partition coefficient (Wildman–Crippen LogP) is 6.88. The van der Waals surface area contributed by atoms with Gasteiger partial charge < -0.3 is 9.42 Å². The lowest BCUT2D eigenvalue weighted by molar-refractivity contribution is 0.214. The van der Waals surface area contributed by atoms with Crippen LogP contribution in [-0.4, -0.2) is 34.7 Å². The van der Waals surface area contributed by atoms with Gasteiger partial charge in [-0.2, -0.15) is 0 Å². The molecule has 0 spiro atoms. The Labute approximate surface area is 202 Å². The van der Waals surface area contributed by atoms with Crippen LogP contribution in [0, 0.1) is 6.92 Å². The standard InChI is InChI=1S/C28H37N3OS/c1-19-22(17-29-32-19)10-15-31-13-8-20(9-14-31)26-30-25(18-33-26)21-6-7-23-24(16-21)28(4,5)12-11-27(23,2)3/h6-7,16-18,20H,8-15H2,1-5H3. The van der Waals surface area contributed by atoms with E-state index in [9.17, 15) is 0 Å². The van der Waals surface area contributed by atoms with Gasteiger partial charge in [0.1, 0.15) is 5.76 Å². The van der Waals surface area contributed by atoms with Gasteiger partial charge in [-0.15, -0.1) is 11.3 Å². The molecule has 2 aliphatic rings. The van der Waals surface area contributed by atoms with E-state index in [1.165, 1.54) is 52.9 Å². The summed E-state index contributed by atoms with van der Waals surface area (Å²) < 4.78 is 5.19. The molecule has 5 heteroatoms. The first kappa shape index (κ1) is 22.8. The summed E-state index contributed by atoms with van der Waals surface area (Å²) in [6, 6.07) is 7.11. The normalized spacial score (nSPS) is 20.6. The SMILES string of the molecule is Cc1oncc1CCN1CCC(c2nc(-c3ccc4c(c3)C(C)(C)CCC4(C)C)cs2)CC1. The van der Waals surface area contributed by atoms with Crippen molar-refractivity contribution in [3.63, 3.8) is 0 Å². The molecule has 5 rings (SSSR count). The maximum absolute atomic E-state index is 5.19. The number of fused-ring (bicyclic) bond motifs is 1. The Morgan fingerprint density at radius 3 is 2.48 bits per heavy atom. The smallest absolute Gasteiger partial charge is 0.136 e. The minimum atomic E-state index is 0.234. The van der Waals surface area contributed by atoms with Crippen LogP contribution in [0.15, 0.2) is 34.3 Å². The summed E-state index contributed by atoms with van der Waals surface area (Å²) in [4.78, 5) is 7.71. The number of hydrogen-bond donors (Lipinski definition) is 0. The van der Waals surface area contributed by atoms with Gasteiger partial charge in [0.2, 0.25) is 0 Å². The molecule has 1 aromatic carbocycles. The molecule has 1 aliphatic carbocycles. The third-order valence-electron chi connectivity index (χ3n) is 8.16. The van der Waals surface area contributed by atoms with E-state index in [4.69, 9.17) is 9.51 Å². The number of thiazole rings is 1. The van der Waals surface area contributed by atoms with Crippen LogP contribution >= 0.6 is 11.3 Å². The average Bonchev–Trinajstić information content (AvgIpc) is 3.45. The van der Waals surface area contributed by atoms with Gasteiger partial charge in [-0.25, -0.2) is 4.98 Å². The molecule has 0 bridgehead atoms. The molecule has 1 fully saturated rings. The van der Waals surface area contributed by atoms with Crippen LogP contribution in [0.5, 0.6) is 0 Å². The Kier molecular flexibility index (Phi) is 5.98. The van der Waals surface area contributed by atoms with Gasteiger partial charge >= 0.3 is 0 Å². The first-order valence-electron chi connectivity index (χ1n) is 12.5. The molecule has 176 valence electrons. The molecule has 0 amide bonds. The van der Waals surface area contributed by atoms with Gasteiger partial charge in [-0.3, -0.25) is 0 Å². The Bertz CT molecular complexity index is 1120. The third kappa shape index (κ3) is 4.54. The maximum atomic E-state index is 5.19. The van der Waals surface area contributed by atoms with E-state index >= 15 is 0 Å². The first-order chi connectivity index (χ1) is 15.7. The molecule has 4 nitrogen and oxygen atoms in total. The van der Waals surface area contributed by atoms with Crippen molar-refractivity contribution in [2.45, 2.75) is 83.5 Å². The van der Waals surface area contributed by atoms with Crippen molar-refractivity contribution in [1.82, 2.24) is 15.0 Å². The van der Waals surface area contributed by atoms with Gasteiger partial charge in [0.25, 0.3) is 0 Å². The highest BCUT2D eigenvalue weighted by Gasteiger charge is 2.37. The largest absolute Gasteiger partial charge is 0.361 e. The lowest BCUT2D eigenvalue weighted by atomic mass is 9.63. The van der Waals surface area contributed by atoms with Crippen LogP contribution in [0.25, 0.3) is 11.3 Å². The second-order valence-corrected chi connectivity index (χ2v) is 12.3. The van der Waals surface area contributed by atoms with Gasteiger partial charge in [-0.1, -0.05) is 45.0 Å². The number of nitrogens with zero attached hydrogens (tertiary/aromatic N) is 3. The Morgan fingerprint density at radius 2 is 1.79 bits per heavy atom. The van der Waals surface area contributed by atoms with Crippen molar-refractivity contribution in [1.29, 1.82) is 0 Å². The van der Waals surface area contributed by atoms with E-state index in [0.717, 1.165) is 37.5 Å². The lowest BCUT2D eigenvalue weighted by Crippen LogP contribution is -2.34. The van der Waals surface area contributed by atoms with Crippen LogP contribution < -0.4 is 0 Å². The monoisotopic (exact) mass is 463 g/mol. The summed E-state index contributed by atoms with van der Waals surface area (Å²) in [5.41, 5.74) is 7.20.